The Morgan fingerprint density at radius 2 is 1.83 bits per heavy atom. The number of carbonyl (C=O) groups excluding carboxylic acids is 2. The first-order chi connectivity index (χ1) is 11.6. The van der Waals surface area contributed by atoms with Crippen LogP contribution in [-0.4, -0.2) is 61.1 Å². The molecule has 24 heavy (non-hydrogen) atoms. The van der Waals surface area contributed by atoms with Crippen LogP contribution in [0.15, 0.2) is 24.3 Å². The van der Waals surface area contributed by atoms with Crippen LogP contribution in [-0.2, 0) is 16.1 Å². The molecule has 1 aromatic rings. The van der Waals surface area contributed by atoms with Crippen molar-refractivity contribution in [1.29, 1.82) is 0 Å². The largest absolute Gasteiger partial charge is 0.450 e. The Bertz CT molecular complexity index is 560. The van der Waals surface area contributed by atoms with E-state index in [-0.39, 0.29) is 17.8 Å². The smallest absolute Gasteiger partial charge is 0.409 e. The zero-order chi connectivity index (χ0) is 17.4. The number of carbonyl (C=O) groups is 2. The Kier molecular flexibility index (Phi) is 6.99. The SMILES string of the molecule is CCOC(=O)N1CCN(C(=O)CCNCc2ccccc2F)CC1. The van der Waals surface area contributed by atoms with E-state index < -0.39 is 0 Å². The third-order valence-corrected chi connectivity index (χ3v) is 3.95. The first kappa shape index (κ1) is 18.2. The third kappa shape index (κ3) is 5.19. The number of hydrogen-bond donors (Lipinski definition) is 1. The Labute approximate surface area is 141 Å². The molecule has 0 spiro atoms. The molecule has 1 fully saturated rings. The van der Waals surface area contributed by atoms with Crippen LogP contribution in [0.5, 0.6) is 0 Å². The molecule has 1 N–H and O–H groups in total. The Hall–Kier alpha value is -2.15. The van der Waals surface area contributed by atoms with Crippen molar-refractivity contribution in [2.75, 3.05) is 39.3 Å². The van der Waals surface area contributed by atoms with Crippen LogP contribution in [0.4, 0.5) is 9.18 Å². The second-order valence-electron chi connectivity index (χ2n) is 5.58. The number of nitrogens with zero attached hydrogens (tertiary/aromatic N) is 2. The Morgan fingerprint density at radius 1 is 1.17 bits per heavy atom. The van der Waals surface area contributed by atoms with Crippen LogP contribution in [0, 0.1) is 5.82 Å². The molecular formula is C17H24FN3O3. The van der Waals surface area contributed by atoms with Crippen molar-refractivity contribution in [2.45, 2.75) is 19.9 Å². The van der Waals surface area contributed by atoms with E-state index in [9.17, 15) is 14.0 Å². The van der Waals surface area contributed by atoms with E-state index in [1.807, 2.05) is 0 Å². The summed E-state index contributed by atoms with van der Waals surface area (Å²) in [5.74, 6) is -0.203. The molecule has 2 amide bonds. The number of halogens is 1. The van der Waals surface area contributed by atoms with Gasteiger partial charge in [0.15, 0.2) is 0 Å². The Balaban J connectivity index is 1.65. The summed E-state index contributed by atoms with van der Waals surface area (Å²) >= 11 is 0. The molecule has 0 saturated carbocycles. The highest BCUT2D eigenvalue weighted by Crippen LogP contribution is 2.07. The minimum Gasteiger partial charge on any atom is -0.450 e. The van der Waals surface area contributed by atoms with Gasteiger partial charge in [0.1, 0.15) is 5.82 Å². The van der Waals surface area contributed by atoms with Gasteiger partial charge in [0.25, 0.3) is 0 Å². The second-order valence-corrected chi connectivity index (χ2v) is 5.58. The van der Waals surface area contributed by atoms with Crippen molar-refractivity contribution in [3.63, 3.8) is 0 Å². The van der Waals surface area contributed by atoms with Crippen LogP contribution >= 0.6 is 0 Å². The summed E-state index contributed by atoms with van der Waals surface area (Å²) in [6.45, 7) is 5.04. The van der Waals surface area contributed by atoms with Crippen molar-refractivity contribution in [3.8, 4) is 0 Å². The monoisotopic (exact) mass is 337 g/mol. The van der Waals surface area contributed by atoms with E-state index in [0.717, 1.165) is 0 Å². The van der Waals surface area contributed by atoms with Crippen molar-refractivity contribution in [3.05, 3.63) is 35.6 Å². The van der Waals surface area contributed by atoms with Crippen LogP contribution in [0.25, 0.3) is 0 Å². The summed E-state index contributed by atoms with van der Waals surface area (Å²) in [5.41, 5.74) is 0.591. The molecule has 0 unspecified atom stereocenters. The van der Waals surface area contributed by atoms with Gasteiger partial charge in [0.05, 0.1) is 6.61 Å². The first-order valence-electron chi connectivity index (χ1n) is 8.25. The molecule has 1 heterocycles. The molecular weight excluding hydrogens is 313 g/mol. The van der Waals surface area contributed by atoms with E-state index in [1.165, 1.54) is 6.07 Å². The van der Waals surface area contributed by atoms with Gasteiger partial charge in [-0.3, -0.25) is 4.79 Å². The zero-order valence-corrected chi connectivity index (χ0v) is 14.0. The summed E-state index contributed by atoms with van der Waals surface area (Å²) in [6.07, 6.45) is 0.0320. The van der Waals surface area contributed by atoms with Crippen LogP contribution in [0.2, 0.25) is 0 Å². The molecule has 2 rings (SSSR count). The van der Waals surface area contributed by atoms with Gasteiger partial charge in [-0.2, -0.15) is 0 Å². The number of rotatable bonds is 6. The highest BCUT2D eigenvalue weighted by atomic mass is 19.1. The van der Waals surface area contributed by atoms with Crippen LogP contribution in [0.3, 0.4) is 0 Å². The van der Waals surface area contributed by atoms with Gasteiger partial charge in [0, 0.05) is 51.3 Å². The normalized spacial score (nSPS) is 14.6. The van der Waals surface area contributed by atoms with Crippen molar-refractivity contribution >= 4 is 12.0 Å². The fourth-order valence-corrected chi connectivity index (χ4v) is 2.57. The van der Waals surface area contributed by atoms with E-state index >= 15 is 0 Å². The fraction of sp³-hybridized carbons (Fsp3) is 0.529. The van der Waals surface area contributed by atoms with Crippen LogP contribution < -0.4 is 5.32 Å². The molecule has 7 heteroatoms. The lowest BCUT2D eigenvalue weighted by Crippen LogP contribution is -2.51. The molecule has 0 aliphatic carbocycles. The zero-order valence-electron chi connectivity index (χ0n) is 14.0. The van der Waals surface area contributed by atoms with Gasteiger partial charge in [-0.15, -0.1) is 0 Å². The molecule has 1 aromatic carbocycles. The number of piperazine rings is 1. The van der Waals surface area contributed by atoms with Crippen molar-refractivity contribution in [1.82, 2.24) is 15.1 Å². The van der Waals surface area contributed by atoms with Gasteiger partial charge < -0.3 is 19.9 Å². The number of hydrogen-bond acceptors (Lipinski definition) is 4. The van der Waals surface area contributed by atoms with Gasteiger partial charge >= 0.3 is 6.09 Å². The average molecular weight is 337 g/mol. The van der Waals surface area contributed by atoms with E-state index in [2.05, 4.69) is 5.32 Å². The predicted octanol–water partition coefficient (Wildman–Crippen LogP) is 1.61. The van der Waals surface area contributed by atoms with Crippen LogP contribution in [0.1, 0.15) is 18.9 Å². The minimum absolute atomic E-state index is 0.0412. The summed E-state index contributed by atoms with van der Waals surface area (Å²) in [7, 11) is 0. The highest BCUT2D eigenvalue weighted by Gasteiger charge is 2.24. The van der Waals surface area contributed by atoms with E-state index in [4.69, 9.17) is 4.74 Å². The standard InChI is InChI=1S/C17H24FN3O3/c1-2-24-17(23)21-11-9-20(10-12-21)16(22)7-8-19-13-14-5-3-4-6-15(14)18/h3-6,19H,2,7-13H2,1H3. The lowest BCUT2D eigenvalue weighted by atomic mass is 10.2. The molecule has 0 radical (unpaired) electrons. The maximum atomic E-state index is 13.5. The van der Waals surface area contributed by atoms with Gasteiger partial charge in [0.2, 0.25) is 5.91 Å². The third-order valence-electron chi connectivity index (χ3n) is 3.95. The number of nitrogens with one attached hydrogen (secondary N) is 1. The molecule has 1 aliphatic rings. The van der Waals surface area contributed by atoms with Crippen molar-refractivity contribution < 1.29 is 18.7 Å². The molecule has 0 aromatic heterocycles. The summed E-state index contributed by atoms with van der Waals surface area (Å²) < 4.78 is 18.4. The minimum atomic E-state index is -0.323. The molecule has 1 saturated heterocycles. The molecule has 6 nitrogen and oxygen atoms in total. The first-order valence-corrected chi connectivity index (χ1v) is 8.25. The van der Waals surface area contributed by atoms with Gasteiger partial charge in [-0.1, -0.05) is 18.2 Å². The topological polar surface area (TPSA) is 61.9 Å². The number of benzene rings is 1. The average Bonchev–Trinajstić information content (AvgIpc) is 2.60. The molecule has 132 valence electrons. The lowest BCUT2D eigenvalue weighted by molar-refractivity contribution is -0.132. The van der Waals surface area contributed by atoms with E-state index in [1.54, 1.807) is 34.9 Å². The Morgan fingerprint density at radius 3 is 2.50 bits per heavy atom. The summed E-state index contributed by atoms with van der Waals surface area (Å²) in [4.78, 5) is 27.1. The highest BCUT2D eigenvalue weighted by molar-refractivity contribution is 5.77. The maximum Gasteiger partial charge on any atom is 0.409 e. The fourth-order valence-electron chi connectivity index (χ4n) is 2.57. The van der Waals surface area contributed by atoms with Crippen molar-refractivity contribution in [2.24, 2.45) is 0 Å². The second kappa shape index (κ2) is 9.22. The maximum absolute atomic E-state index is 13.5. The summed E-state index contributed by atoms with van der Waals surface area (Å²) in [5, 5.41) is 3.08. The van der Waals surface area contributed by atoms with Gasteiger partial charge in [-0.05, 0) is 13.0 Å². The number of ether oxygens (including phenoxy) is 1. The summed E-state index contributed by atoms with van der Waals surface area (Å²) in [6, 6.07) is 6.58. The van der Waals surface area contributed by atoms with E-state index in [0.29, 0.717) is 57.9 Å². The predicted molar refractivity (Wildman–Crippen MR) is 87.9 cm³/mol. The molecule has 0 atom stereocenters. The molecule has 1 aliphatic heterocycles. The quantitative estimate of drug-likeness (QED) is 0.801. The lowest BCUT2D eigenvalue weighted by Gasteiger charge is -2.34. The van der Waals surface area contributed by atoms with Gasteiger partial charge in [-0.25, -0.2) is 9.18 Å². The number of amides is 2. The molecule has 0 bridgehead atoms.